The molecule has 21 heavy (non-hydrogen) atoms. The first-order chi connectivity index (χ1) is 10.3. The van der Waals surface area contributed by atoms with E-state index >= 15 is 0 Å². The Morgan fingerprint density at radius 2 is 1.33 bits per heavy atom. The van der Waals surface area contributed by atoms with Gasteiger partial charge in [0, 0.05) is 11.1 Å². The van der Waals surface area contributed by atoms with E-state index in [0.29, 0.717) is 5.69 Å². The molecular weight excluding hydrogens is 262 g/mol. The lowest BCUT2D eigenvalue weighted by atomic mass is 10.0. The summed E-state index contributed by atoms with van der Waals surface area (Å²) in [6.07, 6.45) is 0. The van der Waals surface area contributed by atoms with Gasteiger partial charge in [-0.3, -0.25) is 0 Å². The van der Waals surface area contributed by atoms with Gasteiger partial charge in [-0.05, 0) is 12.1 Å². The number of hydrogen-bond acceptors (Lipinski definition) is 2. The zero-order chi connectivity index (χ0) is 14.7. The highest BCUT2D eigenvalue weighted by Gasteiger charge is 2.14. The van der Waals surface area contributed by atoms with Gasteiger partial charge in [0.25, 0.3) is 0 Å². The number of benzene rings is 2. The van der Waals surface area contributed by atoms with Crippen LogP contribution in [0.4, 0.5) is 0 Å². The Bertz CT molecular complexity index is 768. The highest BCUT2D eigenvalue weighted by molar-refractivity contribution is 5.95. The normalized spacial score (nSPS) is 10.3. The lowest BCUT2D eigenvalue weighted by Gasteiger charge is -2.08. The van der Waals surface area contributed by atoms with Crippen molar-refractivity contribution >= 4 is 5.97 Å². The molecule has 0 radical (unpaired) electrons. The molecule has 0 amide bonds. The average Bonchev–Trinajstić information content (AvgIpc) is 2.56. The van der Waals surface area contributed by atoms with Gasteiger partial charge in [0.1, 0.15) is 0 Å². The highest BCUT2D eigenvalue weighted by Crippen LogP contribution is 2.26. The Morgan fingerprint density at radius 3 is 1.90 bits per heavy atom. The third-order valence-electron chi connectivity index (χ3n) is 3.24. The molecule has 0 aliphatic heterocycles. The van der Waals surface area contributed by atoms with E-state index in [4.69, 9.17) is 0 Å². The van der Waals surface area contributed by atoms with Crippen LogP contribution in [0.25, 0.3) is 22.5 Å². The average molecular weight is 275 g/mol. The first-order valence-electron chi connectivity index (χ1n) is 6.61. The smallest absolute Gasteiger partial charge is 0.337 e. The zero-order valence-electron chi connectivity index (χ0n) is 11.2. The van der Waals surface area contributed by atoms with E-state index in [-0.39, 0.29) is 5.56 Å². The minimum atomic E-state index is -0.971. The molecule has 0 aliphatic carbocycles. The van der Waals surface area contributed by atoms with Crippen LogP contribution in [0.1, 0.15) is 10.4 Å². The number of rotatable bonds is 3. The molecule has 1 heterocycles. The molecule has 0 fully saturated rings. The molecule has 0 aliphatic rings. The van der Waals surface area contributed by atoms with Crippen LogP contribution in [0.3, 0.4) is 0 Å². The Kier molecular flexibility index (Phi) is 3.48. The van der Waals surface area contributed by atoms with Crippen LogP contribution in [0.2, 0.25) is 0 Å². The fourth-order valence-electron chi connectivity index (χ4n) is 2.22. The molecule has 2 aromatic carbocycles. The lowest BCUT2D eigenvalue weighted by molar-refractivity contribution is 0.0697. The second kappa shape index (κ2) is 5.59. The minimum Gasteiger partial charge on any atom is -0.478 e. The maximum Gasteiger partial charge on any atom is 0.337 e. The summed E-state index contributed by atoms with van der Waals surface area (Å²) in [5.41, 5.74) is 3.23. The second-order valence-corrected chi connectivity index (χ2v) is 4.63. The molecule has 0 bridgehead atoms. The molecule has 1 N–H and O–H groups in total. The summed E-state index contributed by atoms with van der Waals surface area (Å²) < 4.78 is 0. The minimum absolute atomic E-state index is 0.209. The molecule has 0 saturated carbocycles. The van der Waals surface area contributed by atoms with Crippen molar-refractivity contribution in [2.24, 2.45) is 0 Å². The molecule has 1 aromatic heterocycles. The highest BCUT2D eigenvalue weighted by atomic mass is 16.4. The Labute approximate surface area is 122 Å². The maximum atomic E-state index is 11.4. The second-order valence-electron chi connectivity index (χ2n) is 4.63. The third-order valence-corrected chi connectivity index (χ3v) is 3.24. The van der Waals surface area contributed by atoms with Crippen LogP contribution in [-0.2, 0) is 0 Å². The molecule has 0 saturated heterocycles. The number of hydrogen-bond donors (Lipinski definition) is 1. The first kappa shape index (κ1) is 13.1. The number of aromatic nitrogens is 1. The van der Waals surface area contributed by atoms with Crippen LogP contribution >= 0.6 is 0 Å². The van der Waals surface area contributed by atoms with E-state index in [1.54, 1.807) is 12.1 Å². The summed E-state index contributed by atoms with van der Waals surface area (Å²) >= 11 is 0. The van der Waals surface area contributed by atoms with E-state index in [9.17, 15) is 9.90 Å². The molecular formula is C18H13NO2. The topological polar surface area (TPSA) is 50.2 Å². The number of carbonyl (C=O) groups is 1. The van der Waals surface area contributed by atoms with Crippen LogP contribution in [0, 0.1) is 0 Å². The summed E-state index contributed by atoms with van der Waals surface area (Å²) in [6.45, 7) is 0. The molecule has 102 valence electrons. The summed E-state index contributed by atoms with van der Waals surface area (Å²) in [7, 11) is 0. The van der Waals surface area contributed by atoms with Crippen LogP contribution < -0.4 is 0 Å². The summed E-state index contributed by atoms with van der Waals surface area (Å²) in [4.78, 5) is 16.0. The van der Waals surface area contributed by atoms with Crippen molar-refractivity contribution in [1.29, 1.82) is 0 Å². The van der Waals surface area contributed by atoms with E-state index in [1.165, 1.54) is 0 Å². The third kappa shape index (κ3) is 2.67. The lowest BCUT2D eigenvalue weighted by Crippen LogP contribution is -2.02. The van der Waals surface area contributed by atoms with Gasteiger partial charge in [-0.15, -0.1) is 0 Å². The quantitative estimate of drug-likeness (QED) is 0.782. The van der Waals surface area contributed by atoms with Crippen molar-refractivity contribution in [3.8, 4) is 22.5 Å². The first-order valence-corrected chi connectivity index (χ1v) is 6.61. The predicted molar refractivity (Wildman–Crippen MR) is 82.1 cm³/mol. The summed E-state index contributed by atoms with van der Waals surface area (Å²) in [5, 5.41) is 9.35. The van der Waals surface area contributed by atoms with Crippen molar-refractivity contribution in [2.45, 2.75) is 0 Å². The Balaban J connectivity index is 2.18. The number of pyridine rings is 1. The molecule has 0 atom stereocenters. The predicted octanol–water partition coefficient (Wildman–Crippen LogP) is 4.11. The number of carboxylic acids is 1. The molecule has 3 aromatic rings. The van der Waals surface area contributed by atoms with Gasteiger partial charge < -0.3 is 5.11 Å². The van der Waals surface area contributed by atoms with Crippen molar-refractivity contribution in [3.05, 3.63) is 78.4 Å². The van der Waals surface area contributed by atoms with Gasteiger partial charge in [-0.25, -0.2) is 9.78 Å². The van der Waals surface area contributed by atoms with Crippen molar-refractivity contribution < 1.29 is 9.90 Å². The largest absolute Gasteiger partial charge is 0.478 e. The monoisotopic (exact) mass is 275 g/mol. The standard InChI is InChI=1S/C18H13NO2/c20-18(21)15-11-12-16(13-7-3-1-4-8-13)19-17(15)14-9-5-2-6-10-14/h1-12H,(H,20,21). The van der Waals surface area contributed by atoms with Crippen LogP contribution in [-0.4, -0.2) is 16.1 Å². The Hall–Kier alpha value is -2.94. The van der Waals surface area contributed by atoms with Gasteiger partial charge in [0.2, 0.25) is 0 Å². The van der Waals surface area contributed by atoms with Crippen molar-refractivity contribution in [2.75, 3.05) is 0 Å². The zero-order valence-corrected chi connectivity index (χ0v) is 11.2. The van der Waals surface area contributed by atoms with Crippen LogP contribution in [0.5, 0.6) is 0 Å². The Morgan fingerprint density at radius 1 is 0.762 bits per heavy atom. The molecule has 3 rings (SSSR count). The van der Waals surface area contributed by atoms with Gasteiger partial charge in [0.15, 0.2) is 0 Å². The van der Waals surface area contributed by atoms with Crippen molar-refractivity contribution in [1.82, 2.24) is 4.98 Å². The summed E-state index contributed by atoms with van der Waals surface area (Å²) in [6, 6.07) is 22.4. The van der Waals surface area contributed by atoms with Gasteiger partial charge in [-0.1, -0.05) is 60.7 Å². The molecule has 0 spiro atoms. The van der Waals surface area contributed by atoms with Gasteiger partial charge in [0.05, 0.1) is 17.0 Å². The molecule has 0 unspecified atom stereocenters. The van der Waals surface area contributed by atoms with E-state index in [2.05, 4.69) is 4.98 Å². The van der Waals surface area contributed by atoms with Gasteiger partial charge in [-0.2, -0.15) is 0 Å². The fraction of sp³-hybridized carbons (Fsp3) is 0. The van der Waals surface area contributed by atoms with E-state index in [0.717, 1.165) is 16.8 Å². The van der Waals surface area contributed by atoms with E-state index in [1.807, 2.05) is 60.7 Å². The number of aromatic carboxylic acids is 1. The summed E-state index contributed by atoms with van der Waals surface area (Å²) in [5.74, 6) is -0.971. The number of nitrogens with zero attached hydrogens (tertiary/aromatic N) is 1. The SMILES string of the molecule is O=C(O)c1ccc(-c2ccccc2)nc1-c1ccccc1. The van der Waals surface area contributed by atoms with E-state index < -0.39 is 5.97 Å². The molecule has 3 heteroatoms. The van der Waals surface area contributed by atoms with Crippen LogP contribution in [0.15, 0.2) is 72.8 Å². The van der Waals surface area contributed by atoms with Crippen molar-refractivity contribution in [3.63, 3.8) is 0 Å². The van der Waals surface area contributed by atoms with Gasteiger partial charge >= 0.3 is 5.97 Å². The fourth-order valence-corrected chi connectivity index (χ4v) is 2.22. The number of carboxylic acid groups (broad SMARTS) is 1. The maximum absolute atomic E-state index is 11.4. The molecule has 3 nitrogen and oxygen atoms in total.